The molecule has 0 aromatic heterocycles. The lowest BCUT2D eigenvalue weighted by atomic mass is 9.83. The van der Waals surface area contributed by atoms with Crippen LogP contribution in [0.3, 0.4) is 0 Å². The number of aryl methyl sites for hydroxylation is 1. The normalized spacial score (nSPS) is 14.2. The van der Waals surface area contributed by atoms with Crippen LogP contribution in [0.5, 0.6) is 11.5 Å². The van der Waals surface area contributed by atoms with Crippen LogP contribution >= 0.6 is 0 Å². The van der Waals surface area contributed by atoms with E-state index in [0.717, 1.165) is 31.0 Å². The fourth-order valence-electron chi connectivity index (χ4n) is 2.58. The highest BCUT2D eigenvalue weighted by atomic mass is 16.6. The predicted molar refractivity (Wildman–Crippen MR) is 87.3 cm³/mol. The summed E-state index contributed by atoms with van der Waals surface area (Å²) in [6.45, 7) is 10.5. The zero-order valence-electron chi connectivity index (χ0n) is 13.7. The van der Waals surface area contributed by atoms with Crippen LogP contribution in [0, 0.1) is 5.41 Å². The molecule has 118 valence electrons. The maximum Gasteiger partial charge on any atom is 0.161 e. The molecule has 0 radical (unpaired) electrons. The van der Waals surface area contributed by atoms with Crippen molar-refractivity contribution in [2.24, 2.45) is 5.41 Å². The molecule has 3 heteroatoms. The zero-order valence-corrected chi connectivity index (χ0v) is 13.7. The van der Waals surface area contributed by atoms with E-state index in [-0.39, 0.29) is 0 Å². The van der Waals surface area contributed by atoms with E-state index >= 15 is 0 Å². The van der Waals surface area contributed by atoms with E-state index in [9.17, 15) is 0 Å². The molecule has 1 aliphatic rings. The Morgan fingerprint density at radius 1 is 1.05 bits per heavy atom. The summed E-state index contributed by atoms with van der Waals surface area (Å²) < 4.78 is 11.2. The molecule has 0 aliphatic carbocycles. The average Bonchev–Trinajstić information content (AvgIpc) is 2.49. The lowest BCUT2D eigenvalue weighted by Crippen LogP contribution is -2.23. The molecule has 1 aromatic rings. The summed E-state index contributed by atoms with van der Waals surface area (Å²) in [5.41, 5.74) is 1.71. The molecular weight excluding hydrogens is 262 g/mol. The van der Waals surface area contributed by atoms with Gasteiger partial charge >= 0.3 is 0 Å². The first-order valence-corrected chi connectivity index (χ1v) is 8.20. The van der Waals surface area contributed by atoms with Crippen molar-refractivity contribution in [2.75, 3.05) is 26.3 Å². The van der Waals surface area contributed by atoms with E-state index in [1.165, 1.54) is 24.8 Å². The molecule has 0 saturated heterocycles. The predicted octanol–water partition coefficient (Wildman–Crippen LogP) is 3.81. The van der Waals surface area contributed by atoms with Crippen LogP contribution in [0.15, 0.2) is 18.2 Å². The smallest absolute Gasteiger partial charge is 0.161 e. The fourth-order valence-corrected chi connectivity index (χ4v) is 2.58. The van der Waals surface area contributed by atoms with E-state index in [2.05, 4.69) is 38.2 Å². The third kappa shape index (κ3) is 5.24. The number of nitrogens with one attached hydrogen (secondary N) is 1. The number of fused-ring (bicyclic) bond motifs is 1. The molecule has 2 rings (SSSR count). The highest BCUT2D eigenvalue weighted by Crippen LogP contribution is 2.33. The van der Waals surface area contributed by atoms with Crippen molar-refractivity contribution in [1.82, 2.24) is 5.32 Å². The minimum atomic E-state index is 0.369. The Hall–Kier alpha value is -1.22. The summed E-state index contributed by atoms with van der Waals surface area (Å²) in [7, 11) is 0. The zero-order chi connectivity index (χ0) is 15.1. The summed E-state index contributed by atoms with van der Waals surface area (Å²) in [5, 5.41) is 3.49. The standard InChI is InChI=1S/C18H29NO2/c1-4-10-19-11-9-18(2,3)8-7-15-5-6-16-17(14-15)21-13-12-20-16/h5-6,14,19H,4,7-13H2,1-3H3. The van der Waals surface area contributed by atoms with Crippen LogP contribution in [0.1, 0.15) is 45.6 Å². The summed E-state index contributed by atoms with van der Waals surface area (Å²) in [6, 6.07) is 6.35. The first-order chi connectivity index (χ1) is 10.1. The maximum absolute atomic E-state index is 5.65. The molecule has 0 fully saturated rings. The van der Waals surface area contributed by atoms with Gasteiger partial charge in [-0.3, -0.25) is 0 Å². The van der Waals surface area contributed by atoms with Crippen molar-refractivity contribution in [1.29, 1.82) is 0 Å². The van der Waals surface area contributed by atoms with E-state index in [0.29, 0.717) is 18.6 Å². The molecule has 0 amide bonds. The third-order valence-corrected chi connectivity index (χ3v) is 4.10. The van der Waals surface area contributed by atoms with Gasteiger partial charge in [0, 0.05) is 0 Å². The van der Waals surface area contributed by atoms with Crippen LogP contribution in [0.4, 0.5) is 0 Å². The number of rotatable bonds is 8. The van der Waals surface area contributed by atoms with E-state index in [1.807, 2.05) is 6.07 Å². The second-order valence-electron chi connectivity index (χ2n) is 6.64. The largest absolute Gasteiger partial charge is 0.486 e. The van der Waals surface area contributed by atoms with Gasteiger partial charge in [-0.25, -0.2) is 0 Å². The van der Waals surface area contributed by atoms with Crippen molar-refractivity contribution < 1.29 is 9.47 Å². The molecule has 3 nitrogen and oxygen atoms in total. The highest BCUT2D eigenvalue weighted by molar-refractivity contribution is 5.43. The Bertz CT molecular complexity index is 443. The second kappa shape index (κ2) is 7.69. The van der Waals surface area contributed by atoms with Gasteiger partial charge in [-0.1, -0.05) is 26.8 Å². The summed E-state index contributed by atoms with van der Waals surface area (Å²) in [6.07, 6.45) is 4.72. The molecule has 1 aromatic carbocycles. The van der Waals surface area contributed by atoms with Crippen LogP contribution in [0.25, 0.3) is 0 Å². The van der Waals surface area contributed by atoms with Crippen LogP contribution in [-0.2, 0) is 6.42 Å². The van der Waals surface area contributed by atoms with E-state index in [1.54, 1.807) is 0 Å². The molecule has 0 unspecified atom stereocenters. The first kappa shape index (κ1) is 16.2. The molecule has 0 atom stereocenters. The van der Waals surface area contributed by atoms with Gasteiger partial charge in [-0.15, -0.1) is 0 Å². The number of benzene rings is 1. The Morgan fingerprint density at radius 3 is 2.57 bits per heavy atom. The number of ether oxygens (including phenoxy) is 2. The second-order valence-corrected chi connectivity index (χ2v) is 6.64. The molecule has 1 aliphatic heterocycles. The van der Waals surface area contributed by atoms with E-state index < -0.39 is 0 Å². The molecule has 1 heterocycles. The lowest BCUT2D eigenvalue weighted by Gasteiger charge is -2.25. The molecule has 21 heavy (non-hydrogen) atoms. The van der Waals surface area contributed by atoms with Crippen LogP contribution in [-0.4, -0.2) is 26.3 Å². The average molecular weight is 291 g/mol. The monoisotopic (exact) mass is 291 g/mol. The SMILES string of the molecule is CCCNCCC(C)(C)CCc1ccc2c(c1)OCCO2. The Kier molecular flexibility index (Phi) is 5.92. The van der Waals surface area contributed by atoms with Gasteiger partial charge in [0.05, 0.1) is 0 Å². The Morgan fingerprint density at radius 2 is 1.81 bits per heavy atom. The topological polar surface area (TPSA) is 30.5 Å². The van der Waals surface area contributed by atoms with Gasteiger partial charge in [0.2, 0.25) is 0 Å². The van der Waals surface area contributed by atoms with Gasteiger partial charge < -0.3 is 14.8 Å². The number of hydrogen-bond donors (Lipinski definition) is 1. The summed E-state index contributed by atoms with van der Waals surface area (Å²) in [5.74, 6) is 1.79. The van der Waals surface area contributed by atoms with Crippen LogP contribution < -0.4 is 14.8 Å². The Labute approximate surface area is 129 Å². The van der Waals surface area contributed by atoms with Gasteiger partial charge in [0.1, 0.15) is 13.2 Å². The third-order valence-electron chi connectivity index (χ3n) is 4.10. The summed E-state index contributed by atoms with van der Waals surface area (Å²) in [4.78, 5) is 0. The summed E-state index contributed by atoms with van der Waals surface area (Å²) >= 11 is 0. The van der Waals surface area contributed by atoms with Crippen molar-refractivity contribution in [2.45, 2.75) is 46.5 Å². The van der Waals surface area contributed by atoms with Crippen molar-refractivity contribution in [3.8, 4) is 11.5 Å². The van der Waals surface area contributed by atoms with Crippen molar-refractivity contribution in [3.05, 3.63) is 23.8 Å². The van der Waals surface area contributed by atoms with Crippen LogP contribution in [0.2, 0.25) is 0 Å². The number of hydrogen-bond acceptors (Lipinski definition) is 3. The molecule has 0 saturated carbocycles. The van der Waals surface area contributed by atoms with Crippen molar-refractivity contribution in [3.63, 3.8) is 0 Å². The molecule has 1 N–H and O–H groups in total. The fraction of sp³-hybridized carbons (Fsp3) is 0.667. The van der Waals surface area contributed by atoms with Gasteiger partial charge in [0.15, 0.2) is 11.5 Å². The quantitative estimate of drug-likeness (QED) is 0.739. The molecule has 0 bridgehead atoms. The first-order valence-electron chi connectivity index (χ1n) is 8.20. The van der Waals surface area contributed by atoms with Gasteiger partial charge in [-0.2, -0.15) is 0 Å². The maximum atomic E-state index is 5.65. The van der Waals surface area contributed by atoms with E-state index in [4.69, 9.17) is 9.47 Å². The Balaban J connectivity index is 1.81. The lowest BCUT2D eigenvalue weighted by molar-refractivity contribution is 0.171. The van der Waals surface area contributed by atoms with Gasteiger partial charge in [-0.05, 0) is 61.9 Å². The highest BCUT2D eigenvalue weighted by Gasteiger charge is 2.18. The minimum absolute atomic E-state index is 0.369. The molecular formula is C18H29NO2. The molecule has 0 spiro atoms. The minimum Gasteiger partial charge on any atom is -0.486 e. The van der Waals surface area contributed by atoms with Crippen molar-refractivity contribution >= 4 is 0 Å². The van der Waals surface area contributed by atoms with Gasteiger partial charge in [0.25, 0.3) is 0 Å².